The predicted molar refractivity (Wildman–Crippen MR) is 95.6 cm³/mol. The normalized spacial score (nSPS) is 26.4. The van der Waals surface area contributed by atoms with Crippen molar-refractivity contribution in [3.63, 3.8) is 0 Å². The van der Waals surface area contributed by atoms with Crippen molar-refractivity contribution in [2.75, 3.05) is 13.1 Å². The zero-order valence-electron chi connectivity index (χ0n) is 15.0. The smallest absolute Gasteiger partial charge is 0.223 e. The van der Waals surface area contributed by atoms with Gasteiger partial charge in [-0.05, 0) is 56.3 Å². The Morgan fingerprint density at radius 1 is 1.21 bits per heavy atom. The summed E-state index contributed by atoms with van der Waals surface area (Å²) >= 11 is 0. The van der Waals surface area contributed by atoms with Gasteiger partial charge in [0.15, 0.2) is 0 Å². The lowest BCUT2D eigenvalue weighted by Gasteiger charge is -2.37. The second-order valence-electron chi connectivity index (χ2n) is 7.77. The maximum absolute atomic E-state index is 12.4. The molecule has 0 bridgehead atoms. The van der Waals surface area contributed by atoms with E-state index in [0.29, 0.717) is 5.92 Å². The number of hydrogen-bond acceptors (Lipinski definition) is 3. The third kappa shape index (κ3) is 3.50. The topological polar surface area (TPSA) is 52.6 Å². The summed E-state index contributed by atoms with van der Waals surface area (Å²) in [7, 11) is 0. The Morgan fingerprint density at radius 3 is 2.50 bits per heavy atom. The Kier molecular flexibility index (Phi) is 5.26. The van der Waals surface area contributed by atoms with Gasteiger partial charge in [-0.25, -0.2) is 0 Å². The molecule has 0 unspecified atom stereocenters. The molecule has 1 amide bonds. The van der Waals surface area contributed by atoms with Gasteiger partial charge in [0.05, 0.1) is 6.10 Å². The number of hydrogen-bond donors (Lipinski definition) is 2. The number of benzene rings is 1. The van der Waals surface area contributed by atoms with Gasteiger partial charge in [0.2, 0.25) is 5.91 Å². The molecule has 3 rings (SSSR count). The molecule has 0 saturated carbocycles. The van der Waals surface area contributed by atoms with Crippen molar-refractivity contribution in [2.24, 2.45) is 11.8 Å². The number of nitrogens with one attached hydrogen (secondary N) is 1. The number of aliphatic hydroxyl groups is 1. The highest BCUT2D eigenvalue weighted by molar-refractivity contribution is 5.79. The van der Waals surface area contributed by atoms with Crippen molar-refractivity contribution in [3.8, 4) is 0 Å². The minimum absolute atomic E-state index is 0.114. The largest absolute Gasteiger partial charge is 0.387 e. The van der Waals surface area contributed by atoms with Gasteiger partial charge in [-0.3, -0.25) is 9.69 Å². The van der Waals surface area contributed by atoms with Crippen LogP contribution in [-0.2, 0) is 11.2 Å². The second kappa shape index (κ2) is 7.24. The van der Waals surface area contributed by atoms with Crippen LogP contribution < -0.4 is 5.32 Å². The minimum atomic E-state index is -0.396. The van der Waals surface area contributed by atoms with E-state index in [-0.39, 0.29) is 23.9 Å². The van der Waals surface area contributed by atoms with Gasteiger partial charge in [0.1, 0.15) is 0 Å². The van der Waals surface area contributed by atoms with Gasteiger partial charge in [0, 0.05) is 18.0 Å². The van der Waals surface area contributed by atoms with Crippen molar-refractivity contribution >= 4 is 5.91 Å². The van der Waals surface area contributed by atoms with Crippen LogP contribution in [0.3, 0.4) is 0 Å². The summed E-state index contributed by atoms with van der Waals surface area (Å²) < 4.78 is 0. The molecule has 1 aliphatic heterocycles. The molecule has 0 aromatic heterocycles. The van der Waals surface area contributed by atoms with E-state index >= 15 is 0 Å². The Morgan fingerprint density at radius 2 is 1.88 bits per heavy atom. The molecular formula is C20H30N2O2. The molecule has 1 fully saturated rings. The molecule has 24 heavy (non-hydrogen) atoms. The van der Waals surface area contributed by atoms with Crippen molar-refractivity contribution in [1.82, 2.24) is 10.2 Å². The SMILES string of the molecule is CC(C)[C@H](C)NC(=O)C1CCN([C@@H]2Cc3ccccc3[C@@H]2O)CC1. The van der Waals surface area contributed by atoms with Crippen molar-refractivity contribution < 1.29 is 9.90 Å². The van der Waals surface area contributed by atoms with E-state index in [1.54, 1.807) is 0 Å². The lowest BCUT2D eigenvalue weighted by atomic mass is 9.93. The van der Waals surface area contributed by atoms with Gasteiger partial charge < -0.3 is 10.4 Å². The predicted octanol–water partition coefficient (Wildman–Crippen LogP) is 2.52. The van der Waals surface area contributed by atoms with Gasteiger partial charge in [0.25, 0.3) is 0 Å². The number of likely N-dealkylation sites (tertiary alicyclic amines) is 1. The Labute approximate surface area is 145 Å². The van der Waals surface area contributed by atoms with Crippen LogP contribution in [0.1, 0.15) is 50.8 Å². The van der Waals surface area contributed by atoms with E-state index in [0.717, 1.165) is 37.9 Å². The zero-order valence-corrected chi connectivity index (χ0v) is 15.0. The highest BCUT2D eigenvalue weighted by atomic mass is 16.3. The van der Waals surface area contributed by atoms with E-state index < -0.39 is 6.10 Å². The number of fused-ring (bicyclic) bond motifs is 1. The maximum atomic E-state index is 12.4. The maximum Gasteiger partial charge on any atom is 0.223 e. The van der Waals surface area contributed by atoms with Crippen molar-refractivity contribution in [1.29, 1.82) is 0 Å². The quantitative estimate of drug-likeness (QED) is 0.892. The molecule has 0 radical (unpaired) electrons. The number of rotatable bonds is 4. The van der Waals surface area contributed by atoms with Crippen LogP contribution >= 0.6 is 0 Å². The molecule has 1 aliphatic carbocycles. The molecule has 1 aromatic rings. The lowest BCUT2D eigenvalue weighted by Crippen LogP contribution is -2.48. The number of carbonyl (C=O) groups is 1. The van der Waals surface area contributed by atoms with Crippen LogP contribution in [0, 0.1) is 11.8 Å². The molecule has 0 spiro atoms. The third-order valence-corrected chi connectivity index (χ3v) is 5.91. The van der Waals surface area contributed by atoms with Gasteiger partial charge >= 0.3 is 0 Å². The number of aliphatic hydroxyl groups excluding tert-OH is 1. The highest BCUT2D eigenvalue weighted by Crippen LogP contribution is 2.36. The molecule has 1 saturated heterocycles. The average molecular weight is 330 g/mol. The van der Waals surface area contributed by atoms with Crippen molar-refractivity contribution in [3.05, 3.63) is 35.4 Å². The number of nitrogens with zero attached hydrogens (tertiary/aromatic N) is 1. The molecule has 4 nitrogen and oxygen atoms in total. The molecule has 2 N–H and O–H groups in total. The summed E-state index contributed by atoms with van der Waals surface area (Å²) in [5, 5.41) is 13.8. The van der Waals surface area contributed by atoms with E-state index in [4.69, 9.17) is 0 Å². The fraction of sp³-hybridized carbons (Fsp3) is 0.650. The van der Waals surface area contributed by atoms with Crippen molar-refractivity contribution in [2.45, 2.75) is 58.2 Å². The van der Waals surface area contributed by atoms with Crippen LogP contribution in [0.4, 0.5) is 0 Å². The zero-order chi connectivity index (χ0) is 17.3. The molecule has 4 heteroatoms. The fourth-order valence-corrected chi connectivity index (χ4v) is 3.88. The first-order valence-corrected chi connectivity index (χ1v) is 9.27. The Bertz CT molecular complexity index is 579. The van der Waals surface area contributed by atoms with E-state index in [1.807, 2.05) is 18.2 Å². The second-order valence-corrected chi connectivity index (χ2v) is 7.77. The summed E-state index contributed by atoms with van der Waals surface area (Å²) in [6.07, 6.45) is 2.29. The van der Waals surface area contributed by atoms with E-state index in [9.17, 15) is 9.90 Å². The third-order valence-electron chi connectivity index (χ3n) is 5.91. The molecule has 1 heterocycles. The first kappa shape index (κ1) is 17.4. The fourth-order valence-electron chi connectivity index (χ4n) is 3.88. The summed E-state index contributed by atoms with van der Waals surface area (Å²) in [5.41, 5.74) is 2.34. The minimum Gasteiger partial charge on any atom is -0.387 e. The summed E-state index contributed by atoms with van der Waals surface area (Å²) in [4.78, 5) is 14.8. The number of carbonyl (C=O) groups excluding carboxylic acids is 1. The molecule has 2 aliphatic rings. The van der Waals surface area contributed by atoms with Crippen LogP contribution in [0.15, 0.2) is 24.3 Å². The first-order valence-electron chi connectivity index (χ1n) is 9.27. The lowest BCUT2D eigenvalue weighted by molar-refractivity contribution is -0.127. The van der Waals surface area contributed by atoms with Crippen LogP contribution in [-0.4, -0.2) is 41.1 Å². The molecule has 3 atom stereocenters. The van der Waals surface area contributed by atoms with Gasteiger partial charge in [-0.1, -0.05) is 38.1 Å². The monoisotopic (exact) mass is 330 g/mol. The highest BCUT2D eigenvalue weighted by Gasteiger charge is 2.37. The molecule has 132 valence electrons. The average Bonchev–Trinajstić information content (AvgIpc) is 2.92. The van der Waals surface area contributed by atoms with E-state index in [2.05, 4.69) is 37.1 Å². The standard InChI is InChI=1S/C20H30N2O2/c1-13(2)14(3)21-20(24)15-8-10-22(11-9-15)18-12-16-6-4-5-7-17(16)19(18)23/h4-7,13-15,18-19,23H,8-12H2,1-3H3,(H,21,24)/t14-,18+,19-/m0/s1. The number of piperidine rings is 1. The summed E-state index contributed by atoms with van der Waals surface area (Å²) in [6.45, 7) is 8.12. The summed E-state index contributed by atoms with van der Waals surface area (Å²) in [5.74, 6) is 0.774. The van der Waals surface area contributed by atoms with Gasteiger partial charge in [-0.15, -0.1) is 0 Å². The Hall–Kier alpha value is -1.39. The van der Waals surface area contributed by atoms with E-state index in [1.165, 1.54) is 5.56 Å². The molecule has 1 aromatic carbocycles. The Balaban J connectivity index is 1.54. The van der Waals surface area contributed by atoms with Crippen LogP contribution in [0.2, 0.25) is 0 Å². The van der Waals surface area contributed by atoms with Crippen LogP contribution in [0.25, 0.3) is 0 Å². The van der Waals surface area contributed by atoms with Gasteiger partial charge in [-0.2, -0.15) is 0 Å². The molecular weight excluding hydrogens is 300 g/mol. The van der Waals surface area contributed by atoms with Crippen LogP contribution in [0.5, 0.6) is 0 Å². The summed E-state index contributed by atoms with van der Waals surface area (Å²) in [6, 6.07) is 8.58. The first-order chi connectivity index (χ1) is 11.5. The number of amides is 1.